The van der Waals surface area contributed by atoms with Gasteiger partial charge in [0.1, 0.15) is 19.2 Å². The van der Waals surface area contributed by atoms with Crippen LogP contribution in [-0.4, -0.2) is 66.4 Å². The Morgan fingerprint density at radius 1 is 1.11 bits per heavy atom. The summed E-state index contributed by atoms with van der Waals surface area (Å²) in [4.78, 5) is 38.2. The summed E-state index contributed by atoms with van der Waals surface area (Å²) in [5, 5.41) is 11.8. The zero-order valence-electron chi connectivity index (χ0n) is 20.1. The summed E-state index contributed by atoms with van der Waals surface area (Å²) >= 11 is 0. The first-order valence-corrected chi connectivity index (χ1v) is 11.3. The second-order valence-electron chi connectivity index (χ2n) is 8.98. The van der Waals surface area contributed by atoms with Gasteiger partial charge in [0.05, 0.1) is 12.1 Å². The predicted octanol–water partition coefficient (Wildman–Crippen LogP) is 3.26. The lowest BCUT2D eigenvalue weighted by Gasteiger charge is -2.31. The van der Waals surface area contributed by atoms with E-state index in [1.807, 2.05) is 48.5 Å². The standard InChI is InChI=1S/C27H30N2O6/c1-5-14-29(16-24(30)31)25(32)23(15-27(2,3)34-4)28-26(33)35-17-22-20-12-8-6-10-18(20)19-11-7-9-13-21(19)22/h1,6-13,22-23H,14-17H2,2-4H3,(H,28,33)(H,30,31). The fraction of sp³-hybridized carbons (Fsp3) is 0.370. The zero-order chi connectivity index (χ0) is 25.6. The van der Waals surface area contributed by atoms with E-state index >= 15 is 0 Å². The lowest BCUT2D eigenvalue weighted by Crippen LogP contribution is -2.52. The Morgan fingerprint density at radius 3 is 2.20 bits per heavy atom. The lowest BCUT2D eigenvalue weighted by molar-refractivity contribution is -0.145. The number of amides is 2. The van der Waals surface area contributed by atoms with Crippen LogP contribution in [0, 0.1) is 12.3 Å². The Labute approximate surface area is 205 Å². The number of methoxy groups -OCH3 is 1. The van der Waals surface area contributed by atoms with Gasteiger partial charge in [0.2, 0.25) is 5.91 Å². The first-order valence-electron chi connectivity index (χ1n) is 11.3. The van der Waals surface area contributed by atoms with Crippen molar-refractivity contribution >= 4 is 18.0 Å². The summed E-state index contributed by atoms with van der Waals surface area (Å²) in [5.41, 5.74) is 3.56. The van der Waals surface area contributed by atoms with E-state index in [9.17, 15) is 14.4 Å². The SMILES string of the molecule is C#CCN(CC(=O)O)C(=O)C(CC(C)(C)OC)NC(=O)OCC1c2ccccc2-c2ccccc21. The Kier molecular flexibility index (Phi) is 8.15. The Bertz CT molecular complexity index is 1090. The molecule has 0 bridgehead atoms. The third-order valence-corrected chi connectivity index (χ3v) is 6.10. The van der Waals surface area contributed by atoms with Crippen LogP contribution < -0.4 is 5.32 Å². The van der Waals surface area contributed by atoms with Gasteiger partial charge < -0.3 is 24.8 Å². The number of alkyl carbamates (subject to hydrolysis) is 1. The van der Waals surface area contributed by atoms with Crippen molar-refractivity contribution in [2.45, 2.75) is 37.8 Å². The molecule has 184 valence electrons. The van der Waals surface area contributed by atoms with E-state index in [2.05, 4.69) is 11.2 Å². The molecule has 8 nitrogen and oxygen atoms in total. The van der Waals surface area contributed by atoms with Gasteiger partial charge in [0, 0.05) is 19.4 Å². The van der Waals surface area contributed by atoms with E-state index in [-0.39, 0.29) is 25.5 Å². The molecule has 0 saturated carbocycles. The average Bonchev–Trinajstić information content (AvgIpc) is 3.15. The second kappa shape index (κ2) is 11.1. The Hall–Kier alpha value is -3.83. The van der Waals surface area contributed by atoms with Gasteiger partial charge in [-0.15, -0.1) is 6.42 Å². The number of benzene rings is 2. The number of aliphatic carboxylic acids is 1. The average molecular weight is 479 g/mol. The maximum atomic E-state index is 13.1. The number of ether oxygens (including phenoxy) is 2. The number of rotatable bonds is 10. The Morgan fingerprint density at radius 2 is 1.69 bits per heavy atom. The fourth-order valence-electron chi connectivity index (χ4n) is 4.26. The summed E-state index contributed by atoms with van der Waals surface area (Å²) in [6.45, 7) is 2.81. The smallest absolute Gasteiger partial charge is 0.407 e. The van der Waals surface area contributed by atoms with E-state index in [0.717, 1.165) is 27.2 Å². The normalized spacial score (nSPS) is 13.2. The summed E-state index contributed by atoms with van der Waals surface area (Å²) < 4.78 is 11.0. The number of hydrogen-bond donors (Lipinski definition) is 2. The van der Waals surface area contributed by atoms with Crippen LogP contribution in [-0.2, 0) is 19.1 Å². The first kappa shape index (κ1) is 25.8. The highest BCUT2D eigenvalue weighted by Crippen LogP contribution is 2.44. The van der Waals surface area contributed by atoms with Crippen LogP contribution >= 0.6 is 0 Å². The molecule has 3 rings (SSSR count). The highest BCUT2D eigenvalue weighted by molar-refractivity contribution is 5.88. The van der Waals surface area contributed by atoms with Crippen LogP contribution in [0.25, 0.3) is 11.1 Å². The van der Waals surface area contributed by atoms with Gasteiger partial charge in [-0.25, -0.2) is 4.79 Å². The van der Waals surface area contributed by atoms with E-state index in [4.69, 9.17) is 21.0 Å². The fourth-order valence-corrected chi connectivity index (χ4v) is 4.26. The molecule has 1 unspecified atom stereocenters. The molecule has 1 atom stereocenters. The van der Waals surface area contributed by atoms with E-state index in [0.29, 0.717) is 0 Å². The topological polar surface area (TPSA) is 105 Å². The minimum Gasteiger partial charge on any atom is -0.480 e. The van der Waals surface area contributed by atoms with E-state index < -0.39 is 36.2 Å². The number of nitrogens with zero attached hydrogens (tertiary/aromatic N) is 1. The van der Waals surface area contributed by atoms with Crippen molar-refractivity contribution in [3.63, 3.8) is 0 Å². The number of terminal acetylenes is 1. The Balaban J connectivity index is 1.75. The monoisotopic (exact) mass is 478 g/mol. The van der Waals surface area contributed by atoms with E-state index in [1.165, 1.54) is 7.11 Å². The lowest BCUT2D eigenvalue weighted by atomic mass is 9.97. The summed E-state index contributed by atoms with van der Waals surface area (Å²) in [7, 11) is 1.49. The van der Waals surface area contributed by atoms with Gasteiger partial charge in [-0.3, -0.25) is 9.59 Å². The largest absolute Gasteiger partial charge is 0.480 e. The molecule has 1 aliphatic carbocycles. The molecule has 0 aromatic heterocycles. The van der Waals surface area contributed by atoms with Crippen LogP contribution in [0.15, 0.2) is 48.5 Å². The summed E-state index contributed by atoms with van der Waals surface area (Å²) in [6, 6.07) is 14.8. The van der Waals surface area contributed by atoms with E-state index in [1.54, 1.807) is 13.8 Å². The van der Waals surface area contributed by atoms with Crippen molar-refractivity contribution in [2.24, 2.45) is 0 Å². The van der Waals surface area contributed by atoms with Crippen LogP contribution in [0.5, 0.6) is 0 Å². The van der Waals surface area contributed by atoms with Crippen molar-refractivity contribution < 1.29 is 29.0 Å². The minimum absolute atomic E-state index is 0.0810. The summed E-state index contributed by atoms with van der Waals surface area (Å²) in [6.07, 6.45) is 4.63. The summed E-state index contributed by atoms with van der Waals surface area (Å²) in [5.74, 6) is 0.320. The molecular formula is C27H30N2O6. The highest BCUT2D eigenvalue weighted by atomic mass is 16.5. The van der Waals surface area contributed by atoms with Crippen LogP contribution in [0.4, 0.5) is 4.79 Å². The molecule has 0 spiro atoms. The van der Waals surface area contributed by atoms with Crippen molar-refractivity contribution in [3.8, 4) is 23.5 Å². The van der Waals surface area contributed by atoms with Gasteiger partial charge in [-0.2, -0.15) is 0 Å². The van der Waals surface area contributed by atoms with Gasteiger partial charge in [0.25, 0.3) is 0 Å². The number of carbonyl (C=O) groups is 3. The molecule has 0 aliphatic heterocycles. The number of hydrogen-bond acceptors (Lipinski definition) is 5. The number of fused-ring (bicyclic) bond motifs is 3. The van der Waals surface area contributed by atoms with Crippen LogP contribution in [0.1, 0.15) is 37.3 Å². The van der Waals surface area contributed by atoms with Crippen molar-refractivity contribution in [3.05, 3.63) is 59.7 Å². The third kappa shape index (κ3) is 6.19. The van der Waals surface area contributed by atoms with Crippen molar-refractivity contribution in [1.29, 1.82) is 0 Å². The van der Waals surface area contributed by atoms with Gasteiger partial charge >= 0.3 is 12.1 Å². The number of nitrogens with one attached hydrogen (secondary N) is 1. The maximum absolute atomic E-state index is 13.1. The van der Waals surface area contributed by atoms with Gasteiger partial charge in [0.15, 0.2) is 0 Å². The van der Waals surface area contributed by atoms with Crippen LogP contribution in [0.3, 0.4) is 0 Å². The quantitative estimate of drug-likeness (QED) is 0.508. The number of carbonyl (C=O) groups excluding carboxylic acids is 2. The molecule has 2 N–H and O–H groups in total. The molecular weight excluding hydrogens is 448 g/mol. The first-order chi connectivity index (χ1) is 16.7. The number of carboxylic acids is 1. The van der Waals surface area contributed by atoms with Gasteiger partial charge in [-0.05, 0) is 36.1 Å². The molecule has 0 saturated heterocycles. The van der Waals surface area contributed by atoms with Crippen molar-refractivity contribution in [2.75, 3.05) is 26.8 Å². The predicted molar refractivity (Wildman–Crippen MR) is 131 cm³/mol. The molecule has 2 aromatic rings. The highest BCUT2D eigenvalue weighted by Gasteiger charge is 2.34. The minimum atomic E-state index is -1.21. The number of carboxylic acid groups (broad SMARTS) is 1. The molecule has 0 heterocycles. The van der Waals surface area contributed by atoms with Gasteiger partial charge in [-0.1, -0.05) is 54.5 Å². The molecule has 2 amide bonds. The molecule has 1 aliphatic rings. The molecule has 35 heavy (non-hydrogen) atoms. The molecule has 0 fully saturated rings. The van der Waals surface area contributed by atoms with Crippen LogP contribution in [0.2, 0.25) is 0 Å². The second-order valence-corrected chi connectivity index (χ2v) is 8.98. The van der Waals surface area contributed by atoms with Crippen molar-refractivity contribution in [1.82, 2.24) is 10.2 Å². The third-order valence-electron chi connectivity index (χ3n) is 6.10. The maximum Gasteiger partial charge on any atom is 0.407 e. The molecule has 2 aromatic carbocycles. The zero-order valence-corrected chi connectivity index (χ0v) is 20.1. The molecule has 8 heteroatoms. The molecule has 0 radical (unpaired) electrons.